The highest BCUT2D eigenvalue weighted by molar-refractivity contribution is 6.30. The highest BCUT2D eigenvalue weighted by Crippen LogP contribution is 2.54. The molecular weight excluding hydrogens is 351 g/mol. The lowest BCUT2D eigenvalue weighted by atomic mass is 9.91. The maximum absolute atomic E-state index is 6.08. The first-order valence-electron chi connectivity index (χ1n) is 8.63. The average Bonchev–Trinajstić information content (AvgIpc) is 3.24. The third kappa shape index (κ3) is 2.56. The van der Waals surface area contributed by atoms with Crippen molar-refractivity contribution in [2.75, 3.05) is 0 Å². The summed E-state index contributed by atoms with van der Waals surface area (Å²) in [5.74, 6) is 1.97. The van der Waals surface area contributed by atoms with Crippen LogP contribution in [0.25, 0.3) is 22.6 Å². The number of benzene rings is 2. The number of nitrogens with zero attached hydrogens (tertiary/aromatic N) is 2. The summed E-state index contributed by atoms with van der Waals surface area (Å²) in [7, 11) is 0. The van der Waals surface area contributed by atoms with Gasteiger partial charge in [-0.1, -0.05) is 35.3 Å². The molecule has 0 aliphatic heterocycles. The van der Waals surface area contributed by atoms with Gasteiger partial charge in [-0.2, -0.15) is 0 Å². The molecule has 2 aliphatic carbocycles. The first-order valence-corrected chi connectivity index (χ1v) is 9.38. The Balaban J connectivity index is 1.72. The van der Waals surface area contributed by atoms with Crippen LogP contribution in [0.15, 0.2) is 48.5 Å². The third-order valence-corrected chi connectivity index (χ3v) is 5.93. The number of aromatic nitrogens is 2. The summed E-state index contributed by atoms with van der Waals surface area (Å²) in [4.78, 5) is 9.92. The van der Waals surface area contributed by atoms with Crippen molar-refractivity contribution < 1.29 is 0 Å². The van der Waals surface area contributed by atoms with Gasteiger partial charge in [-0.25, -0.2) is 9.97 Å². The van der Waals surface area contributed by atoms with Crippen molar-refractivity contribution in [2.45, 2.75) is 31.1 Å². The minimum atomic E-state index is 0.583. The quantitative estimate of drug-likeness (QED) is 0.518. The third-order valence-electron chi connectivity index (χ3n) is 5.42. The molecule has 2 bridgehead atoms. The molecule has 5 rings (SSSR count). The lowest BCUT2D eigenvalue weighted by Gasteiger charge is -2.19. The molecule has 2 nitrogen and oxygen atoms in total. The van der Waals surface area contributed by atoms with E-state index in [1.165, 1.54) is 30.5 Å². The van der Waals surface area contributed by atoms with E-state index in [4.69, 9.17) is 33.2 Å². The van der Waals surface area contributed by atoms with E-state index < -0.39 is 0 Å². The van der Waals surface area contributed by atoms with Gasteiger partial charge in [0.05, 0.1) is 11.4 Å². The van der Waals surface area contributed by atoms with Crippen LogP contribution >= 0.6 is 23.2 Å². The van der Waals surface area contributed by atoms with Crippen molar-refractivity contribution >= 4 is 23.2 Å². The largest absolute Gasteiger partial charge is 0.232 e. The summed E-state index contributed by atoms with van der Waals surface area (Å²) >= 11 is 12.1. The molecule has 0 saturated heterocycles. The normalized spacial score (nSPS) is 20.7. The van der Waals surface area contributed by atoms with Gasteiger partial charge in [-0.3, -0.25) is 0 Å². The molecule has 25 heavy (non-hydrogen) atoms. The molecule has 2 aliphatic rings. The number of halogens is 2. The Morgan fingerprint density at radius 1 is 0.720 bits per heavy atom. The summed E-state index contributed by atoms with van der Waals surface area (Å²) < 4.78 is 0. The van der Waals surface area contributed by atoms with Crippen LogP contribution in [0.1, 0.15) is 42.4 Å². The number of hydrogen-bond acceptors (Lipinski definition) is 2. The molecule has 2 aromatic carbocycles. The van der Waals surface area contributed by atoms with E-state index >= 15 is 0 Å². The minimum absolute atomic E-state index is 0.583. The Hall–Kier alpha value is -1.90. The number of fused-ring (bicyclic) bond motifs is 5. The molecule has 1 saturated carbocycles. The van der Waals surface area contributed by atoms with Gasteiger partial charge in [-0.05, 0) is 61.6 Å². The zero-order valence-electron chi connectivity index (χ0n) is 13.5. The minimum Gasteiger partial charge on any atom is -0.232 e. The van der Waals surface area contributed by atoms with Gasteiger partial charge in [-0.15, -0.1) is 0 Å². The standard InChI is InChI=1S/C21H16Cl2N2/c22-16-7-3-12(4-8-16)19-18-14-1-2-15(11-14)20(18)25-21(24-19)13-5-9-17(23)10-6-13/h3-10,14-15H,1-2,11H2/t14-,15+/m1/s1. The fraction of sp³-hybridized carbons (Fsp3) is 0.238. The summed E-state index contributed by atoms with van der Waals surface area (Å²) in [6, 6.07) is 15.7. The Morgan fingerprint density at radius 3 is 2.00 bits per heavy atom. The van der Waals surface area contributed by atoms with Crippen molar-refractivity contribution in [1.29, 1.82) is 0 Å². The van der Waals surface area contributed by atoms with E-state index in [-0.39, 0.29) is 0 Å². The van der Waals surface area contributed by atoms with Crippen LogP contribution in [0.3, 0.4) is 0 Å². The average molecular weight is 367 g/mol. The van der Waals surface area contributed by atoms with Crippen LogP contribution in [0.4, 0.5) is 0 Å². The molecule has 0 N–H and O–H groups in total. The van der Waals surface area contributed by atoms with Crippen molar-refractivity contribution in [3.8, 4) is 22.6 Å². The molecule has 0 spiro atoms. The molecule has 0 unspecified atom stereocenters. The Labute approximate surface area is 156 Å². The summed E-state index contributed by atoms with van der Waals surface area (Å²) in [6.07, 6.45) is 3.71. The van der Waals surface area contributed by atoms with E-state index in [0.717, 1.165) is 32.7 Å². The summed E-state index contributed by atoms with van der Waals surface area (Å²) in [5, 5.41) is 1.47. The van der Waals surface area contributed by atoms with E-state index in [2.05, 4.69) is 12.1 Å². The summed E-state index contributed by atoms with van der Waals surface area (Å²) in [6.45, 7) is 0. The molecule has 2 atom stereocenters. The molecular formula is C21H16Cl2N2. The van der Waals surface area contributed by atoms with Gasteiger partial charge in [0.1, 0.15) is 0 Å². The van der Waals surface area contributed by atoms with Crippen LogP contribution in [0.5, 0.6) is 0 Å². The Morgan fingerprint density at radius 2 is 1.32 bits per heavy atom. The number of hydrogen-bond donors (Lipinski definition) is 0. The molecule has 1 heterocycles. The number of rotatable bonds is 2. The van der Waals surface area contributed by atoms with Crippen LogP contribution in [0.2, 0.25) is 10.0 Å². The molecule has 124 valence electrons. The molecule has 3 aromatic rings. The van der Waals surface area contributed by atoms with Gasteiger partial charge < -0.3 is 0 Å². The second kappa shape index (κ2) is 5.82. The van der Waals surface area contributed by atoms with Crippen LogP contribution < -0.4 is 0 Å². The zero-order valence-corrected chi connectivity index (χ0v) is 15.1. The van der Waals surface area contributed by atoms with Crippen molar-refractivity contribution in [1.82, 2.24) is 9.97 Å². The van der Waals surface area contributed by atoms with Crippen molar-refractivity contribution in [2.24, 2.45) is 0 Å². The molecule has 1 fully saturated rings. The summed E-state index contributed by atoms with van der Waals surface area (Å²) in [5.41, 5.74) is 5.80. The maximum Gasteiger partial charge on any atom is 0.160 e. The van der Waals surface area contributed by atoms with Crippen molar-refractivity contribution in [3.63, 3.8) is 0 Å². The smallest absolute Gasteiger partial charge is 0.160 e. The SMILES string of the molecule is Clc1ccc(-c2nc(-c3ccc(Cl)cc3)c3c(n2)[C@H]2CC[C@@H]3C2)cc1. The van der Waals surface area contributed by atoms with Gasteiger partial charge in [0, 0.05) is 32.7 Å². The predicted octanol–water partition coefficient (Wildman–Crippen LogP) is 6.48. The van der Waals surface area contributed by atoms with Crippen LogP contribution in [-0.2, 0) is 0 Å². The predicted molar refractivity (Wildman–Crippen MR) is 102 cm³/mol. The van der Waals surface area contributed by atoms with Gasteiger partial charge in [0.2, 0.25) is 0 Å². The zero-order chi connectivity index (χ0) is 17.0. The van der Waals surface area contributed by atoms with Crippen LogP contribution in [0, 0.1) is 0 Å². The molecule has 4 heteroatoms. The Bertz CT molecular complexity index is 949. The molecule has 1 aromatic heterocycles. The van der Waals surface area contributed by atoms with Gasteiger partial charge in [0.15, 0.2) is 5.82 Å². The van der Waals surface area contributed by atoms with Crippen molar-refractivity contribution in [3.05, 3.63) is 69.8 Å². The fourth-order valence-corrected chi connectivity index (χ4v) is 4.50. The van der Waals surface area contributed by atoms with E-state index in [1.54, 1.807) is 0 Å². The first kappa shape index (κ1) is 15.4. The highest BCUT2D eigenvalue weighted by Gasteiger charge is 2.40. The highest BCUT2D eigenvalue weighted by atomic mass is 35.5. The van der Waals surface area contributed by atoms with Gasteiger partial charge >= 0.3 is 0 Å². The van der Waals surface area contributed by atoms with E-state index in [0.29, 0.717) is 11.8 Å². The lowest BCUT2D eigenvalue weighted by Crippen LogP contribution is -2.07. The molecule has 0 amide bonds. The first-order chi connectivity index (χ1) is 12.2. The topological polar surface area (TPSA) is 25.8 Å². The van der Waals surface area contributed by atoms with E-state index in [9.17, 15) is 0 Å². The molecule has 0 radical (unpaired) electrons. The van der Waals surface area contributed by atoms with Crippen LogP contribution in [-0.4, -0.2) is 9.97 Å². The van der Waals surface area contributed by atoms with Gasteiger partial charge in [0.25, 0.3) is 0 Å². The fourth-order valence-electron chi connectivity index (χ4n) is 4.25. The lowest BCUT2D eigenvalue weighted by molar-refractivity contribution is 0.694. The Kier molecular flexibility index (Phi) is 3.58. The second-order valence-electron chi connectivity index (χ2n) is 6.92. The second-order valence-corrected chi connectivity index (χ2v) is 7.79. The monoisotopic (exact) mass is 366 g/mol. The van der Waals surface area contributed by atoms with E-state index in [1.807, 2.05) is 36.4 Å². The maximum atomic E-state index is 6.08.